The Morgan fingerprint density at radius 1 is 1.38 bits per heavy atom. The maximum absolute atomic E-state index is 5.74. The van der Waals surface area contributed by atoms with Crippen LogP contribution in [0.3, 0.4) is 0 Å². The van der Waals surface area contributed by atoms with Gasteiger partial charge < -0.3 is 10.5 Å². The average molecular weight is 178 g/mol. The zero-order valence-electron chi connectivity index (χ0n) is 7.57. The second-order valence-corrected chi connectivity index (χ2v) is 3.44. The summed E-state index contributed by atoms with van der Waals surface area (Å²) in [5, 5.41) is 0. The molecule has 0 atom stereocenters. The van der Waals surface area contributed by atoms with Gasteiger partial charge in [-0.15, -0.1) is 0 Å². The summed E-state index contributed by atoms with van der Waals surface area (Å²) in [5.41, 5.74) is 6.34. The highest BCUT2D eigenvalue weighted by atomic mass is 16.5. The molecule has 13 heavy (non-hydrogen) atoms. The molecule has 0 aliphatic heterocycles. The second kappa shape index (κ2) is 3.64. The normalized spacial score (nSPS) is 17.5. The number of ether oxygens (including phenoxy) is 1. The molecule has 0 unspecified atom stereocenters. The number of hydrogen-bond acceptors (Lipinski definition) is 3. The summed E-state index contributed by atoms with van der Waals surface area (Å²) in [5.74, 6) is 0.780. The van der Waals surface area contributed by atoms with Gasteiger partial charge in [-0.3, -0.25) is 4.98 Å². The number of nitrogen functional groups attached to an aromatic ring is 1. The predicted octanol–water partition coefficient (Wildman–Crippen LogP) is 1.99. The Bertz CT molecular complexity index is 282. The molecule has 1 saturated carbocycles. The monoisotopic (exact) mass is 178 g/mol. The summed E-state index contributed by atoms with van der Waals surface area (Å²) in [6.07, 6.45) is 8.56. The van der Waals surface area contributed by atoms with Gasteiger partial charge in [-0.05, 0) is 25.7 Å². The topological polar surface area (TPSA) is 48.1 Å². The first kappa shape index (κ1) is 8.35. The highest BCUT2D eigenvalue weighted by Gasteiger charge is 2.17. The molecule has 1 heterocycles. The molecule has 70 valence electrons. The Balaban J connectivity index is 2.04. The lowest BCUT2D eigenvalue weighted by molar-refractivity contribution is 0.211. The summed E-state index contributed by atoms with van der Waals surface area (Å²) in [6.45, 7) is 0. The minimum atomic E-state index is 0.365. The fourth-order valence-corrected chi connectivity index (χ4v) is 1.69. The van der Waals surface area contributed by atoms with E-state index < -0.39 is 0 Å². The van der Waals surface area contributed by atoms with E-state index in [0.29, 0.717) is 11.8 Å². The third-order valence-corrected chi connectivity index (χ3v) is 2.41. The van der Waals surface area contributed by atoms with Crippen LogP contribution in [0.25, 0.3) is 0 Å². The fourth-order valence-electron chi connectivity index (χ4n) is 1.69. The van der Waals surface area contributed by atoms with Crippen LogP contribution in [-0.2, 0) is 0 Å². The van der Waals surface area contributed by atoms with E-state index >= 15 is 0 Å². The van der Waals surface area contributed by atoms with Crippen LogP contribution >= 0.6 is 0 Å². The van der Waals surface area contributed by atoms with E-state index in [4.69, 9.17) is 10.5 Å². The summed E-state index contributed by atoms with van der Waals surface area (Å²) < 4.78 is 5.74. The maximum atomic E-state index is 5.74. The summed E-state index contributed by atoms with van der Waals surface area (Å²) >= 11 is 0. The highest BCUT2D eigenvalue weighted by molar-refractivity contribution is 5.49. The van der Waals surface area contributed by atoms with Gasteiger partial charge in [0, 0.05) is 12.3 Å². The van der Waals surface area contributed by atoms with E-state index in [1.54, 1.807) is 12.4 Å². The molecule has 2 N–H and O–H groups in total. The molecule has 0 saturated heterocycles. The number of anilines is 1. The smallest absolute Gasteiger partial charge is 0.145 e. The lowest BCUT2D eigenvalue weighted by Gasteiger charge is -2.13. The van der Waals surface area contributed by atoms with Gasteiger partial charge >= 0.3 is 0 Å². The molecule has 1 fully saturated rings. The fraction of sp³-hybridized carbons (Fsp3) is 0.500. The third kappa shape index (κ3) is 1.91. The summed E-state index contributed by atoms with van der Waals surface area (Å²) in [6, 6.07) is 1.83. The second-order valence-electron chi connectivity index (χ2n) is 3.44. The Kier molecular flexibility index (Phi) is 2.34. The maximum Gasteiger partial charge on any atom is 0.145 e. The van der Waals surface area contributed by atoms with Crippen molar-refractivity contribution in [3.05, 3.63) is 18.5 Å². The Morgan fingerprint density at radius 2 is 2.15 bits per heavy atom. The Morgan fingerprint density at radius 3 is 2.85 bits per heavy atom. The molecule has 1 aromatic heterocycles. The molecule has 3 nitrogen and oxygen atoms in total. The quantitative estimate of drug-likeness (QED) is 0.753. The lowest BCUT2D eigenvalue weighted by atomic mass is 10.3. The molecular formula is C10H14N2O. The molecule has 0 amide bonds. The molecule has 0 aromatic carbocycles. The Labute approximate surface area is 77.9 Å². The molecule has 1 aromatic rings. The molecule has 0 spiro atoms. The number of nitrogens with zero attached hydrogens (tertiary/aromatic N) is 1. The van der Waals surface area contributed by atoms with Crippen molar-refractivity contribution in [3.63, 3.8) is 0 Å². The van der Waals surface area contributed by atoms with Gasteiger partial charge in [0.05, 0.1) is 18.0 Å². The lowest BCUT2D eigenvalue weighted by Crippen LogP contribution is -2.12. The van der Waals surface area contributed by atoms with Gasteiger partial charge in [-0.1, -0.05) is 0 Å². The molecule has 2 rings (SSSR count). The van der Waals surface area contributed by atoms with E-state index in [-0.39, 0.29) is 0 Å². The number of rotatable bonds is 2. The van der Waals surface area contributed by atoms with Crippen molar-refractivity contribution in [2.45, 2.75) is 31.8 Å². The van der Waals surface area contributed by atoms with E-state index in [1.165, 1.54) is 12.8 Å². The van der Waals surface area contributed by atoms with Crippen molar-refractivity contribution in [2.24, 2.45) is 0 Å². The van der Waals surface area contributed by atoms with Crippen LogP contribution in [0.5, 0.6) is 5.75 Å². The number of aromatic nitrogens is 1. The number of nitrogens with two attached hydrogens (primary N) is 1. The SMILES string of the molecule is Nc1cnccc1OC1CCCC1. The first-order chi connectivity index (χ1) is 6.36. The number of hydrogen-bond donors (Lipinski definition) is 1. The molecular weight excluding hydrogens is 164 g/mol. The Hall–Kier alpha value is -1.25. The molecule has 3 heteroatoms. The summed E-state index contributed by atoms with van der Waals surface area (Å²) in [7, 11) is 0. The molecule has 1 aliphatic rings. The van der Waals surface area contributed by atoms with E-state index in [1.807, 2.05) is 6.07 Å². The van der Waals surface area contributed by atoms with Crippen molar-refractivity contribution < 1.29 is 4.74 Å². The van der Waals surface area contributed by atoms with Crippen molar-refractivity contribution in [3.8, 4) is 5.75 Å². The van der Waals surface area contributed by atoms with Gasteiger partial charge in [-0.25, -0.2) is 0 Å². The van der Waals surface area contributed by atoms with Gasteiger partial charge in [0.25, 0.3) is 0 Å². The van der Waals surface area contributed by atoms with E-state index in [9.17, 15) is 0 Å². The van der Waals surface area contributed by atoms with Crippen LogP contribution in [-0.4, -0.2) is 11.1 Å². The predicted molar refractivity (Wildman–Crippen MR) is 51.5 cm³/mol. The van der Waals surface area contributed by atoms with Crippen molar-refractivity contribution in [1.82, 2.24) is 4.98 Å². The number of pyridine rings is 1. The zero-order chi connectivity index (χ0) is 9.10. The average Bonchev–Trinajstić information content (AvgIpc) is 2.61. The minimum Gasteiger partial charge on any atom is -0.488 e. The largest absolute Gasteiger partial charge is 0.488 e. The highest BCUT2D eigenvalue weighted by Crippen LogP contribution is 2.26. The summed E-state index contributed by atoms with van der Waals surface area (Å²) in [4.78, 5) is 3.91. The van der Waals surface area contributed by atoms with Crippen molar-refractivity contribution in [2.75, 3.05) is 5.73 Å². The van der Waals surface area contributed by atoms with Crippen molar-refractivity contribution >= 4 is 5.69 Å². The van der Waals surface area contributed by atoms with Crippen LogP contribution in [0.4, 0.5) is 5.69 Å². The van der Waals surface area contributed by atoms with Gasteiger partial charge in [-0.2, -0.15) is 0 Å². The van der Waals surface area contributed by atoms with Crippen LogP contribution in [0.1, 0.15) is 25.7 Å². The van der Waals surface area contributed by atoms with Gasteiger partial charge in [0.1, 0.15) is 5.75 Å². The van der Waals surface area contributed by atoms with Crippen LogP contribution < -0.4 is 10.5 Å². The zero-order valence-corrected chi connectivity index (χ0v) is 7.57. The van der Waals surface area contributed by atoms with E-state index in [0.717, 1.165) is 18.6 Å². The third-order valence-electron chi connectivity index (χ3n) is 2.41. The van der Waals surface area contributed by atoms with Crippen LogP contribution in [0.15, 0.2) is 18.5 Å². The van der Waals surface area contributed by atoms with Crippen LogP contribution in [0, 0.1) is 0 Å². The first-order valence-corrected chi connectivity index (χ1v) is 4.72. The molecule has 0 bridgehead atoms. The van der Waals surface area contributed by atoms with Crippen LogP contribution in [0.2, 0.25) is 0 Å². The van der Waals surface area contributed by atoms with E-state index in [2.05, 4.69) is 4.98 Å². The minimum absolute atomic E-state index is 0.365. The first-order valence-electron chi connectivity index (χ1n) is 4.72. The molecule has 0 radical (unpaired) electrons. The standard InChI is InChI=1S/C10H14N2O/c11-9-7-12-6-5-10(9)13-8-3-1-2-4-8/h5-8H,1-4,11H2. The van der Waals surface area contributed by atoms with Crippen molar-refractivity contribution in [1.29, 1.82) is 0 Å². The van der Waals surface area contributed by atoms with Gasteiger partial charge in [0.2, 0.25) is 0 Å². The molecule has 1 aliphatic carbocycles. The van der Waals surface area contributed by atoms with Gasteiger partial charge in [0.15, 0.2) is 0 Å².